The van der Waals surface area contributed by atoms with Gasteiger partial charge in [0.1, 0.15) is 4.90 Å². The van der Waals surface area contributed by atoms with Crippen LogP contribution in [0, 0.1) is 6.92 Å². The minimum absolute atomic E-state index is 0.271. The highest BCUT2D eigenvalue weighted by atomic mass is 79.9. The van der Waals surface area contributed by atoms with Gasteiger partial charge in [0, 0.05) is 22.8 Å². The molecule has 5 nitrogen and oxygen atoms in total. The van der Waals surface area contributed by atoms with Gasteiger partial charge in [-0.25, -0.2) is 13.4 Å². The zero-order valence-corrected chi connectivity index (χ0v) is 15.3. The number of aryl methyl sites for hydroxylation is 1. The molecule has 2 aromatic rings. The number of rotatable bonds is 6. The van der Waals surface area contributed by atoms with Gasteiger partial charge in [-0.05, 0) is 41.8 Å². The highest BCUT2D eigenvalue weighted by molar-refractivity contribution is 9.11. The third-order valence-electron chi connectivity index (χ3n) is 2.98. The molecular weight excluding hydrogens is 394 g/mol. The van der Waals surface area contributed by atoms with Gasteiger partial charge in [-0.15, -0.1) is 22.7 Å². The summed E-state index contributed by atoms with van der Waals surface area (Å²) in [6, 6.07) is 2.31. The van der Waals surface area contributed by atoms with Gasteiger partial charge in [0.15, 0.2) is 5.13 Å². The first-order chi connectivity index (χ1) is 9.94. The first-order valence-corrected chi connectivity index (χ1v) is 10.4. The molecule has 0 amide bonds. The van der Waals surface area contributed by atoms with Crippen LogP contribution in [0.3, 0.4) is 0 Å². The van der Waals surface area contributed by atoms with E-state index in [1.807, 2.05) is 12.3 Å². The van der Waals surface area contributed by atoms with Gasteiger partial charge in [0.05, 0.1) is 9.48 Å². The Morgan fingerprint density at radius 3 is 2.86 bits per heavy atom. The third kappa shape index (κ3) is 3.84. The molecule has 2 heterocycles. The lowest BCUT2D eigenvalue weighted by molar-refractivity contribution is 0.601. The van der Waals surface area contributed by atoms with Crippen molar-refractivity contribution in [1.82, 2.24) is 10.3 Å². The Kier molecular flexibility index (Phi) is 4.37. The van der Waals surface area contributed by atoms with Gasteiger partial charge in [-0.2, -0.15) is 0 Å². The average molecular weight is 408 g/mol. The van der Waals surface area contributed by atoms with Gasteiger partial charge in [-0.3, -0.25) is 4.72 Å². The van der Waals surface area contributed by atoms with Crippen LogP contribution in [-0.4, -0.2) is 19.4 Å². The van der Waals surface area contributed by atoms with Crippen molar-refractivity contribution in [3.8, 4) is 0 Å². The number of sulfonamides is 1. The second-order valence-corrected chi connectivity index (χ2v) is 9.87. The minimum atomic E-state index is -3.60. The maximum Gasteiger partial charge on any atom is 0.265 e. The van der Waals surface area contributed by atoms with Crippen LogP contribution in [0.15, 0.2) is 20.1 Å². The van der Waals surface area contributed by atoms with E-state index in [0.29, 0.717) is 21.5 Å². The molecule has 9 heteroatoms. The smallest absolute Gasteiger partial charge is 0.265 e. The first kappa shape index (κ1) is 15.4. The van der Waals surface area contributed by atoms with Crippen molar-refractivity contribution in [2.24, 2.45) is 0 Å². The monoisotopic (exact) mass is 407 g/mol. The molecule has 3 rings (SSSR count). The van der Waals surface area contributed by atoms with Crippen LogP contribution in [0.1, 0.15) is 23.4 Å². The van der Waals surface area contributed by atoms with Crippen LogP contribution in [0.5, 0.6) is 0 Å². The Morgan fingerprint density at radius 2 is 2.24 bits per heavy atom. The highest BCUT2D eigenvalue weighted by Crippen LogP contribution is 2.33. The number of halogens is 1. The molecule has 1 aliphatic rings. The van der Waals surface area contributed by atoms with Crippen LogP contribution in [-0.2, 0) is 16.6 Å². The minimum Gasteiger partial charge on any atom is -0.309 e. The van der Waals surface area contributed by atoms with Crippen molar-refractivity contribution < 1.29 is 8.42 Å². The molecule has 0 radical (unpaired) electrons. The fraction of sp³-hybridized carbons (Fsp3) is 0.417. The molecule has 114 valence electrons. The summed E-state index contributed by atoms with van der Waals surface area (Å²) in [7, 11) is -3.60. The van der Waals surface area contributed by atoms with Crippen LogP contribution in [0.2, 0.25) is 0 Å². The van der Waals surface area contributed by atoms with Gasteiger partial charge < -0.3 is 5.32 Å². The van der Waals surface area contributed by atoms with E-state index in [4.69, 9.17) is 0 Å². The summed E-state index contributed by atoms with van der Waals surface area (Å²) < 4.78 is 28.0. The van der Waals surface area contributed by atoms with E-state index in [0.717, 1.165) is 10.6 Å². The lowest BCUT2D eigenvalue weighted by Crippen LogP contribution is -2.14. The zero-order chi connectivity index (χ0) is 15.0. The summed E-state index contributed by atoms with van der Waals surface area (Å²) in [5.41, 5.74) is 0.802. The largest absolute Gasteiger partial charge is 0.309 e. The molecular formula is C12H14BrN3O2S3. The summed E-state index contributed by atoms with van der Waals surface area (Å²) >= 11 is 6.07. The van der Waals surface area contributed by atoms with Crippen molar-refractivity contribution in [3.63, 3.8) is 0 Å². The van der Waals surface area contributed by atoms with Crippen LogP contribution >= 0.6 is 38.6 Å². The summed E-state index contributed by atoms with van der Waals surface area (Å²) in [5.74, 6) is 0. The molecule has 0 spiro atoms. The zero-order valence-electron chi connectivity index (χ0n) is 11.2. The van der Waals surface area contributed by atoms with E-state index in [-0.39, 0.29) is 4.90 Å². The number of thiazole rings is 1. The third-order valence-corrected chi connectivity index (χ3v) is 7.57. The molecule has 0 unspecified atom stereocenters. The normalized spacial score (nSPS) is 15.3. The highest BCUT2D eigenvalue weighted by Gasteiger charge is 2.24. The van der Waals surface area contributed by atoms with E-state index in [1.165, 1.54) is 35.5 Å². The van der Waals surface area contributed by atoms with Crippen molar-refractivity contribution in [2.45, 2.75) is 37.2 Å². The van der Waals surface area contributed by atoms with Gasteiger partial charge in [0.2, 0.25) is 0 Å². The Labute approximate surface area is 140 Å². The molecule has 0 aromatic carbocycles. The predicted octanol–water partition coefficient (Wildman–Crippen LogP) is 3.33. The van der Waals surface area contributed by atoms with E-state index >= 15 is 0 Å². The summed E-state index contributed by atoms with van der Waals surface area (Å²) in [6.45, 7) is 2.54. The standard InChI is InChI=1S/C12H14BrN3O2S3/c1-7-6-19-12(15-7)16-21(17,18)10-4-9(20-11(10)13)5-14-8-2-3-8/h4,6,8,14H,2-3,5H2,1H3,(H,15,16). The molecule has 0 bridgehead atoms. The number of nitrogens with zero attached hydrogens (tertiary/aromatic N) is 1. The van der Waals surface area contributed by atoms with Crippen LogP contribution < -0.4 is 10.0 Å². The van der Waals surface area contributed by atoms with Gasteiger partial charge in [0.25, 0.3) is 10.0 Å². The van der Waals surface area contributed by atoms with Gasteiger partial charge >= 0.3 is 0 Å². The quantitative estimate of drug-likeness (QED) is 0.769. The molecule has 0 saturated heterocycles. The topological polar surface area (TPSA) is 71.1 Å². The van der Waals surface area contributed by atoms with Gasteiger partial charge in [-0.1, -0.05) is 0 Å². The molecule has 1 fully saturated rings. The number of thiophene rings is 1. The van der Waals surface area contributed by atoms with Crippen molar-refractivity contribution in [3.05, 3.63) is 25.8 Å². The predicted molar refractivity (Wildman–Crippen MR) is 89.5 cm³/mol. The van der Waals surface area contributed by atoms with Crippen LogP contribution in [0.25, 0.3) is 0 Å². The van der Waals surface area contributed by atoms with E-state index < -0.39 is 10.0 Å². The maximum atomic E-state index is 12.4. The summed E-state index contributed by atoms with van der Waals surface area (Å²) in [5, 5.41) is 5.58. The van der Waals surface area contributed by atoms with Crippen molar-refractivity contribution in [1.29, 1.82) is 0 Å². The molecule has 0 aliphatic heterocycles. The second kappa shape index (κ2) is 5.96. The second-order valence-electron chi connectivity index (χ2n) is 4.91. The Morgan fingerprint density at radius 1 is 1.48 bits per heavy atom. The fourth-order valence-electron chi connectivity index (χ4n) is 1.77. The number of hydrogen-bond donors (Lipinski definition) is 2. The van der Waals surface area contributed by atoms with Crippen molar-refractivity contribution >= 4 is 53.8 Å². The number of hydrogen-bond acceptors (Lipinski definition) is 6. The summed E-state index contributed by atoms with van der Waals surface area (Å²) in [4.78, 5) is 5.41. The van der Waals surface area contributed by atoms with Crippen molar-refractivity contribution in [2.75, 3.05) is 4.72 Å². The lowest BCUT2D eigenvalue weighted by Gasteiger charge is -2.03. The number of anilines is 1. The molecule has 1 saturated carbocycles. The van der Waals surface area contributed by atoms with E-state index in [9.17, 15) is 8.42 Å². The number of aromatic nitrogens is 1. The Bertz CT molecular complexity index is 750. The molecule has 2 aromatic heterocycles. The van der Waals surface area contributed by atoms with E-state index in [1.54, 1.807) is 6.07 Å². The molecule has 0 atom stereocenters. The molecule has 2 N–H and O–H groups in total. The lowest BCUT2D eigenvalue weighted by atomic mass is 10.4. The van der Waals surface area contributed by atoms with E-state index in [2.05, 4.69) is 31.0 Å². The average Bonchev–Trinajstić information content (AvgIpc) is 3.03. The van der Waals surface area contributed by atoms with Crippen LogP contribution in [0.4, 0.5) is 5.13 Å². The SMILES string of the molecule is Cc1csc(NS(=O)(=O)c2cc(CNC3CC3)sc2Br)n1. The molecule has 21 heavy (non-hydrogen) atoms. The maximum absolute atomic E-state index is 12.4. The Balaban J connectivity index is 1.77. The Hall–Kier alpha value is -0.480. The summed E-state index contributed by atoms with van der Waals surface area (Å²) in [6.07, 6.45) is 2.42. The molecule has 1 aliphatic carbocycles. The first-order valence-electron chi connectivity index (χ1n) is 6.40. The fourth-order valence-corrected chi connectivity index (χ4v) is 6.35. The number of nitrogens with one attached hydrogen (secondary N) is 2.